The number of hydrogen-bond donors (Lipinski definition) is 1. The minimum Gasteiger partial charge on any atom is -0.490 e. The van der Waals surface area contributed by atoms with E-state index in [4.69, 9.17) is 14.2 Å². The van der Waals surface area contributed by atoms with Gasteiger partial charge in [0.25, 0.3) is 17.1 Å². The van der Waals surface area contributed by atoms with Gasteiger partial charge in [-0.15, -0.1) is 0 Å². The van der Waals surface area contributed by atoms with Crippen molar-refractivity contribution in [3.05, 3.63) is 56.9 Å². The number of nitrogens with one attached hydrogen (secondary N) is 1. The van der Waals surface area contributed by atoms with Gasteiger partial charge in [0.2, 0.25) is 0 Å². The minimum atomic E-state index is -1.04. The molecule has 1 atom stereocenters. The first-order chi connectivity index (χ1) is 17.6. The molecule has 196 valence electrons. The molecule has 0 spiro atoms. The molecule has 1 heterocycles. The molecule has 0 bridgehead atoms. The van der Waals surface area contributed by atoms with Crippen molar-refractivity contribution >= 4 is 62.5 Å². The number of rotatable bonds is 10. The molecule has 1 fully saturated rings. The molecule has 2 aromatic carbocycles. The van der Waals surface area contributed by atoms with Gasteiger partial charge in [0.05, 0.1) is 22.6 Å². The Morgan fingerprint density at radius 1 is 1.11 bits per heavy atom. The van der Waals surface area contributed by atoms with E-state index in [1.165, 1.54) is 13.0 Å². The summed E-state index contributed by atoms with van der Waals surface area (Å²) < 4.78 is 16.9. The Balaban J connectivity index is 1.77. The number of imide groups is 1. The number of carbonyl (C=O) groups is 4. The largest absolute Gasteiger partial charge is 0.490 e. The standard InChI is InChI=1S/C26H27BrN2O7S/c1-5-34-20-12-17(13-21-24(31)29(26(33)37-21)16(4)25(32)35-6-2)11-19(27)23(20)36-14-22(30)28-18-9-7-15(3)8-10-18/h7-13,16H,5-6,14H2,1-4H3,(H,28,30)/b21-13+/t16-/m1/s1. The molecule has 3 amide bonds. The third kappa shape index (κ3) is 7.14. The lowest BCUT2D eigenvalue weighted by molar-refractivity contribution is -0.150. The topological polar surface area (TPSA) is 111 Å². The van der Waals surface area contributed by atoms with Crippen LogP contribution in [0.5, 0.6) is 11.5 Å². The molecule has 0 aliphatic carbocycles. The van der Waals surface area contributed by atoms with E-state index < -0.39 is 23.2 Å². The second-order valence-electron chi connectivity index (χ2n) is 7.95. The normalized spacial score (nSPS) is 15.1. The highest BCUT2D eigenvalue weighted by molar-refractivity contribution is 9.10. The fraction of sp³-hybridized carbons (Fsp3) is 0.308. The first kappa shape index (κ1) is 28.3. The van der Waals surface area contributed by atoms with Crippen LogP contribution in [-0.2, 0) is 19.1 Å². The Kier molecular flexibility index (Phi) is 9.76. The third-order valence-corrected chi connectivity index (χ3v) is 6.62. The predicted octanol–water partition coefficient (Wildman–Crippen LogP) is 5.16. The van der Waals surface area contributed by atoms with E-state index in [0.717, 1.165) is 22.2 Å². The van der Waals surface area contributed by atoms with Gasteiger partial charge in [-0.3, -0.25) is 19.3 Å². The summed E-state index contributed by atoms with van der Waals surface area (Å²) in [6.07, 6.45) is 1.53. The maximum atomic E-state index is 12.9. The molecule has 0 unspecified atom stereocenters. The van der Waals surface area contributed by atoms with Crippen molar-refractivity contribution in [1.29, 1.82) is 0 Å². The maximum absolute atomic E-state index is 12.9. The Hall–Kier alpha value is -3.31. The third-order valence-electron chi connectivity index (χ3n) is 5.15. The van der Waals surface area contributed by atoms with Crippen molar-refractivity contribution in [1.82, 2.24) is 4.90 Å². The van der Waals surface area contributed by atoms with Crippen LogP contribution in [0.2, 0.25) is 0 Å². The number of nitrogens with zero attached hydrogens (tertiary/aromatic N) is 1. The molecule has 1 saturated heterocycles. The molecule has 1 aliphatic heterocycles. The summed E-state index contributed by atoms with van der Waals surface area (Å²) >= 11 is 4.18. The van der Waals surface area contributed by atoms with E-state index in [2.05, 4.69) is 21.2 Å². The Morgan fingerprint density at radius 3 is 2.46 bits per heavy atom. The van der Waals surface area contributed by atoms with Crippen LogP contribution >= 0.6 is 27.7 Å². The zero-order chi connectivity index (χ0) is 27.1. The smallest absolute Gasteiger partial charge is 0.329 e. The summed E-state index contributed by atoms with van der Waals surface area (Å²) in [5, 5.41) is 2.21. The van der Waals surface area contributed by atoms with Gasteiger partial charge < -0.3 is 19.5 Å². The van der Waals surface area contributed by atoms with Crippen LogP contribution in [0.3, 0.4) is 0 Å². The summed E-state index contributed by atoms with van der Waals surface area (Å²) in [4.78, 5) is 50.8. The monoisotopic (exact) mass is 590 g/mol. The number of thioether (sulfide) groups is 1. The molecule has 1 N–H and O–H groups in total. The van der Waals surface area contributed by atoms with Crippen molar-refractivity contribution in [2.24, 2.45) is 0 Å². The van der Waals surface area contributed by atoms with Crippen LogP contribution in [0, 0.1) is 6.92 Å². The predicted molar refractivity (Wildman–Crippen MR) is 145 cm³/mol. The zero-order valence-electron chi connectivity index (χ0n) is 20.8. The average Bonchev–Trinajstić information content (AvgIpc) is 3.12. The number of benzene rings is 2. The SMILES string of the molecule is CCOC(=O)[C@@H](C)N1C(=O)S/C(=C/c2cc(Br)c(OCC(=O)Nc3ccc(C)cc3)c(OCC)c2)C1=O. The number of carbonyl (C=O) groups excluding carboxylic acids is 4. The first-order valence-corrected chi connectivity index (χ1v) is 13.1. The van der Waals surface area contributed by atoms with E-state index in [0.29, 0.717) is 33.8 Å². The summed E-state index contributed by atoms with van der Waals surface area (Å²) in [7, 11) is 0. The van der Waals surface area contributed by atoms with E-state index in [-0.39, 0.29) is 24.0 Å². The number of aryl methyl sites for hydroxylation is 1. The van der Waals surface area contributed by atoms with Crippen LogP contribution in [0.1, 0.15) is 31.9 Å². The molecular formula is C26H27BrN2O7S. The van der Waals surface area contributed by atoms with Crippen LogP contribution in [0.4, 0.5) is 10.5 Å². The molecule has 9 nitrogen and oxygen atoms in total. The van der Waals surface area contributed by atoms with Crippen molar-refractivity contribution in [2.75, 3.05) is 25.1 Å². The van der Waals surface area contributed by atoms with Gasteiger partial charge in [0.15, 0.2) is 18.1 Å². The lowest BCUT2D eigenvalue weighted by Gasteiger charge is -2.19. The summed E-state index contributed by atoms with van der Waals surface area (Å²) in [6.45, 7) is 7.08. The summed E-state index contributed by atoms with van der Waals surface area (Å²) in [5.74, 6) is -0.905. The maximum Gasteiger partial charge on any atom is 0.329 e. The van der Waals surface area contributed by atoms with Gasteiger partial charge in [-0.05, 0) is 91.3 Å². The number of ether oxygens (including phenoxy) is 3. The summed E-state index contributed by atoms with van der Waals surface area (Å²) in [6, 6.07) is 9.68. The number of anilines is 1. The van der Waals surface area contributed by atoms with E-state index in [9.17, 15) is 19.2 Å². The number of esters is 1. The molecule has 2 aromatic rings. The molecular weight excluding hydrogens is 564 g/mol. The highest BCUT2D eigenvalue weighted by Crippen LogP contribution is 2.39. The van der Waals surface area contributed by atoms with Crippen LogP contribution in [-0.4, -0.2) is 53.8 Å². The molecule has 0 aromatic heterocycles. The molecule has 0 saturated carbocycles. The van der Waals surface area contributed by atoms with Gasteiger partial charge in [-0.2, -0.15) is 0 Å². The van der Waals surface area contributed by atoms with Gasteiger partial charge >= 0.3 is 5.97 Å². The van der Waals surface area contributed by atoms with Crippen LogP contribution in [0.25, 0.3) is 6.08 Å². The summed E-state index contributed by atoms with van der Waals surface area (Å²) in [5.41, 5.74) is 2.30. The van der Waals surface area contributed by atoms with Gasteiger partial charge in [0, 0.05) is 5.69 Å². The minimum absolute atomic E-state index is 0.144. The molecule has 0 radical (unpaired) electrons. The van der Waals surface area contributed by atoms with Gasteiger partial charge in [-0.1, -0.05) is 17.7 Å². The van der Waals surface area contributed by atoms with E-state index >= 15 is 0 Å². The van der Waals surface area contributed by atoms with Crippen molar-refractivity contribution in [3.63, 3.8) is 0 Å². The quantitative estimate of drug-likeness (QED) is 0.298. The Morgan fingerprint density at radius 2 is 1.81 bits per heavy atom. The highest BCUT2D eigenvalue weighted by Gasteiger charge is 2.41. The molecule has 1 aliphatic rings. The average molecular weight is 591 g/mol. The highest BCUT2D eigenvalue weighted by atomic mass is 79.9. The lowest BCUT2D eigenvalue weighted by Crippen LogP contribution is -2.42. The van der Waals surface area contributed by atoms with Crippen LogP contribution < -0.4 is 14.8 Å². The van der Waals surface area contributed by atoms with Crippen molar-refractivity contribution in [2.45, 2.75) is 33.7 Å². The van der Waals surface area contributed by atoms with Crippen LogP contribution in [0.15, 0.2) is 45.8 Å². The second-order valence-corrected chi connectivity index (χ2v) is 9.79. The number of hydrogen-bond acceptors (Lipinski definition) is 8. The second kappa shape index (κ2) is 12.8. The van der Waals surface area contributed by atoms with Gasteiger partial charge in [0.1, 0.15) is 6.04 Å². The van der Waals surface area contributed by atoms with Crippen molar-refractivity contribution in [3.8, 4) is 11.5 Å². The lowest BCUT2D eigenvalue weighted by atomic mass is 10.1. The first-order valence-electron chi connectivity index (χ1n) is 11.5. The Bertz CT molecular complexity index is 1230. The molecule has 3 rings (SSSR count). The number of halogens is 1. The molecule has 37 heavy (non-hydrogen) atoms. The number of amides is 3. The van der Waals surface area contributed by atoms with E-state index in [1.54, 1.807) is 38.1 Å². The zero-order valence-corrected chi connectivity index (χ0v) is 23.2. The van der Waals surface area contributed by atoms with E-state index in [1.807, 2.05) is 19.1 Å². The fourth-order valence-electron chi connectivity index (χ4n) is 3.38. The molecule has 11 heteroatoms. The Labute approximate surface area is 227 Å². The fourth-order valence-corrected chi connectivity index (χ4v) is 4.86. The van der Waals surface area contributed by atoms with Gasteiger partial charge in [-0.25, -0.2) is 4.79 Å². The van der Waals surface area contributed by atoms with Crippen molar-refractivity contribution < 1.29 is 33.4 Å².